The highest BCUT2D eigenvalue weighted by Crippen LogP contribution is 2.20. The smallest absolute Gasteiger partial charge is 0.100 e. The van der Waals surface area contributed by atoms with E-state index in [9.17, 15) is 0 Å². The minimum absolute atomic E-state index is 0.745. The number of benzene rings is 2. The van der Waals surface area contributed by atoms with E-state index in [0.29, 0.717) is 0 Å². The number of halogens is 1. The number of fused-ring (bicyclic) bond motifs is 1. The molecular formula is C16H17ClN2. The molecule has 3 heteroatoms. The van der Waals surface area contributed by atoms with Crippen LogP contribution in [0, 0.1) is 6.92 Å². The number of aryl methyl sites for hydroxylation is 1. The molecule has 0 fully saturated rings. The molecule has 2 nitrogen and oxygen atoms in total. The molecule has 0 radical (unpaired) electrons. The van der Waals surface area contributed by atoms with Gasteiger partial charge in [0.1, 0.15) is 6.33 Å². The predicted octanol–water partition coefficient (Wildman–Crippen LogP) is 5.01. The SMILES string of the molecule is CC.Cc1ccc2ncn(-c3ccc(Cl)cc3)c2c1. The molecule has 1 aromatic heterocycles. The molecule has 98 valence electrons. The van der Waals surface area contributed by atoms with Crippen LogP contribution in [0.4, 0.5) is 0 Å². The van der Waals surface area contributed by atoms with E-state index in [4.69, 9.17) is 11.6 Å². The van der Waals surface area contributed by atoms with Crippen LogP contribution in [0.15, 0.2) is 48.8 Å². The van der Waals surface area contributed by atoms with Crippen molar-refractivity contribution in [3.63, 3.8) is 0 Å². The third kappa shape index (κ3) is 2.79. The van der Waals surface area contributed by atoms with Crippen LogP contribution >= 0.6 is 11.6 Å². The Kier molecular flexibility index (Phi) is 4.23. The lowest BCUT2D eigenvalue weighted by Gasteiger charge is -2.04. The number of imidazole rings is 1. The number of aromatic nitrogens is 2. The van der Waals surface area contributed by atoms with Crippen molar-refractivity contribution >= 4 is 22.6 Å². The van der Waals surface area contributed by atoms with Crippen LogP contribution in [0.25, 0.3) is 16.7 Å². The lowest BCUT2D eigenvalue weighted by molar-refractivity contribution is 1.09. The number of hydrogen-bond donors (Lipinski definition) is 0. The first kappa shape index (κ1) is 13.6. The monoisotopic (exact) mass is 272 g/mol. The number of rotatable bonds is 1. The highest BCUT2D eigenvalue weighted by Gasteiger charge is 2.04. The highest BCUT2D eigenvalue weighted by atomic mass is 35.5. The van der Waals surface area contributed by atoms with E-state index in [1.54, 1.807) is 0 Å². The van der Waals surface area contributed by atoms with Crippen LogP contribution in [-0.4, -0.2) is 9.55 Å². The molecule has 3 aromatic rings. The van der Waals surface area contributed by atoms with E-state index in [2.05, 4.69) is 28.6 Å². The molecule has 0 saturated heterocycles. The van der Waals surface area contributed by atoms with E-state index in [-0.39, 0.29) is 0 Å². The van der Waals surface area contributed by atoms with Crippen molar-refractivity contribution in [2.45, 2.75) is 20.8 Å². The fraction of sp³-hybridized carbons (Fsp3) is 0.188. The lowest BCUT2D eigenvalue weighted by atomic mass is 10.2. The van der Waals surface area contributed by atoms with Crippen molar-refractivity contribution in [2.24, 2.45) is 0 Å². The van der Waals surface area contributed by atoms with Crippen molar-refractivity contribution < 1.29 is 0 Å². The topological polar surface area (TPSA) is 17.8 Å². The van der Waals surface area contributed by atoms with E-state index in [1.165, 1.54) is 5.56 Å². The van der Waals surface area contributed by atoms with Gasteiger partial charge in [-0.1, -0.05) is 31.5 Å². The summed E-state index contributed by atoms with van der Waals surface area (Å²) in [5.41, 5.74) is 4.42. The van der Waals surface area contributed by atoms with Crippen molar-refractivity contribution in [1.29, 1.82) is 0 Å². The van der Waals surface area contributed by atoms with Crippen molar-refractivity contribution in [2.75, 3.05) is 0 Å². The molecule has 1 heterocycles. The molecule has 0 N–H and O–H groups in total. The summed E-state index contributed by atoms with van der Waals surface area (Å²) in [4.78, 5) is 4.39. The van der Waals surface area contributed by atoms with Crippen LogP contribution in [0.3, 0.4) is 0 Å². The van der Waals surface area contributed by atoms with Crippen LogP contribution in [0.1, 0.15) is 19.4 Å². The van der Waals surface area contributed by atoms with E-state index >= 15 is 0 Å². The summed E-state index contributed by atoms with van der Waals surface area (Å²) >= 11 is 5.89. The first-order valence-electron chi connectivity index (χ1n) is 6.44. The predicted molar refractivity (Wildman–Crippen MR) is 82.2 cm³/mol. The zero-order chi connectivity index (χ0) is 13.8. The largest absolute Gasteiger partial charge is 0.299 e. The Morgan fingerprint density at radius 2 is 1.68 bits per heavy atom. The molecule has 0 spiro atoms. The summed E-state index contributed by atoms with van der Waals surface area (Å²) in [6.45, 7) is 6.08. The molecule has 0 bridgehead atoms. The van der Waals surface area contributed by atoms with Crippen molar-refractivity contribution in [3.8, 4) is 5.69 Å². The molecule has 0 atom stereocenters. The van der Waals surface area contributed by atoms with Gasteiger partial charge in [-0.2, -0.15) is 0 Å². The van der Waals surface area contributed by atoms with Crippen molar-refractivity contribution in [1.82, 2.24) is 9.55 Å². The molecule has 2 aromatic carbocycles. The second-order valence-corrected chi connectivity index (χ2v) is 4.52. The Bertz CT molecular complexity index is 669. The van der Waals surface area contributed by atoms with Gasteiger partial charge in [0.2, 0.25) is 0 Å². The van der Waals surface area contributed by atoms with Crippen molar-refractivity contribution in [3.05, 3.63) is 59.4 Å². The van der Waals surface area contributed by atoms with Gasteiger partial charge in [-0.25, -0.2) is 4.98 Å². The first-order chi connectivity index (χ1) is 9.24. The third-order valence-corrected chi connectivity index (χ3v) is 3.06. The second kappa shape index (κ2) is 5.89. The normalized spacial score (nSPS) is 10.1. The molecule has 0 unspecified atom stereocenters. The van der Waals surface area contributed by atoms with Gasteiger partial charge >= 0.3 is 0 Å². The van der Waals surface area contributed by atoms with Gasteiger partial charge in [0.05, 0.1) is 11.0 Å². The molecule has 19 heavy (non-hydrogen) atoms. The first-order valence-corrected chi connectivity index (χ1v) is 6.81. The third-order valence-electron chi connectivity index (χ3n) is 2.81. The Balaban J connectivity index is 0.000000637. The minimum atomic E-state index is 0.745. The Morgan fingerprint density at radius 3 is 2.37 bits per heavy atom. The van der Waals surface area contributed by atoms with E-state index < -0.39 is 0 Å². The molecular weight excluding hydrogens is 256 g/mol. The molecule has 0 aliphatic carbocycles. The molecule has 0 aliphatic heterocycles. The van der Waals surface area contributed by atoms with Crippen LogP contribution < -0.4 is 0 Å². The van der Waals surface area contributed by atoms with Crippen LogP contribution in [-0.2, 0) is 0 Å². The zero-order valence-electron chi connectivity index (χ0n) is 11.4. The Labute approximate surface area is 118 Å². The van der Waals surface area contributed by atoms with Gasteiger partial charge in [-0.3, -0.25) is 4.57 Å². The summed E-state index contributed by atoms with van der Waals surface area (Å²) in [7, 11) is 0. The minimum Gasteiger partial charge on any atom is -0.299 e. The average Bonchev–Trinajstić information content (AvgIpc) is 2.85. The standard InChI is InChI=1S/C14H11ClN2.C2H6/c1-10-2-7-13-14(8-10)17(9-16-13)12-5-3-11(15)4-6-12;1-2/h2-9H,1H3;1-2H3. The van der Waals surface area contributed by atoms with E-state index in [0.717, 1.165) is 21.7 Å². The maximum atomic E-state index is 5.89. The summed E-state index contributed by atoms with van der Waals surface area (Å²) in [5, 5.41) is 0.745. The van der Waals surface area contributed by atoms with Gasteiger partial charge in [0, 0.05) is 10.7 Å². The summed E-state index contributed by atoms with van der Waals surface area (Å²) in [5.74, 6) is 0. The van der Waals surface area contributed by atoms with Gasteiger partial charge in [0.15, 0.2) is 0 Å². The number of nitrogens with zero attached hydrogens (tertiary/aromatic N) is 2. The van der Waals surface area contributed by atoms with Gasteiger partial charge in [-0.15, -0.1) is 0 Å². The lowest BCUT2D eigenvalue weighted by Crippen LogP contribution is -1.91. The van der Waals surface area contributed by atoms with Gasteiger partial charge in [-0.05, 0) is 48.9 Å². The van der Waals surface area contributed by atoms with Crippen LogP contribution in [0.2, 0.25) is 5.02 Å². The van der Waals surface area contributed by atoms with Gasteiger partial charge in [0.25, 0.3) is 0 Å². The summed E-state index contributed by atoms with van der Waals surface area (Å²) in [6, 6.07) is 14.0. The van der Waals surface area contributed by atoms with Crippen LogP contribution in [0.5, 0.6) is 0 Å². The molecule has 0 aliphatic rings. The molecule has 0 saturated carbocycles. The number of hydrogen-bond acceptors (Lipinski definition) is 1. The quantitative estimate of drug-likeness (QED) is 0.609. The second-order valence-electron chi connectivity index (χ2n) is 4.08. The van der Waals surface area contributed by atoms with Gasteiger partial charge < -0.3 is 0 Å². The fourth-order valence-electron chi connectivity index (χ4n) is 1.93. The van der Waals surface area contributed by atoms with E-state index in [1.807, 2.05) is 50.5 Å². The summed E-state index contributed by atoms with van der Waals surface area (Å²) < 4.78 is 2.07. The average molecular weight is 273 g/mol. The highest BCUT2D eigenvalue weighted by molar-refractivity contribution is 6.30. The fourth-order valence-corrected chi connectivity index (χ4v) is 2.05. The maximum absolute atomic E-state index is 5.89. The maximum Gasteiger partial charge on any atom is 0.100 e. The Hall–Kier alpha value is -1.80. The Morgan fingerprint density at radius 1 is 1.00 bits per heavy atom. The molecule has 0 amide bonds. The molecule has 3 rings (SSSR count). The zero-order valence-corrected chi connectivity index (χ0v) is 12.1. The summed E-state index contributed by atoms with van der Waals surface area (Å²) in [6.07, 6.45) is 1.84.